The van der Waals surface area contributed by atoms with Gasteiger partial charge in [0.05, 0.1) is 0 Å². The number of hydrogen-bond donors (Lipinski definition) is 1. The predicted octanol–water partition coefficient (Wildman–Crippen LogP) is 3.23. The van der Waals surface area contributed by atoms with Crippen LogP contribution in [-0.4, -0.2) is 47.3 Å². The Balaban J connectivity index is 1.81. The molecule has 5 fully saturated rings. The van der Waals surface area contributed by atoms with E-state index in [9.17, 15) is 18.0 Å². The summed E-state index contributed by atoms with van der Waals surface area (Å²) in [4.78, 5) is 22.3. The van der Waals surface area contributed by atoms with Crippen molar-refractivity contribution in [1.82, 2.24) is 0 Å². The summed E-state index contributed by atoms with van der Waals surface area (Å²) in [6.45, 7) is 3.89. The van der Waals surface area contributed by atoms with E-state index in [1.807, 2.05) is 6.92 Å². The molecule has 0 unspecified atom stereocenters. The molecular formula is C18H25F3O7. The summed E-state index contributed by atoms with van der Waals surface area (Å²) >= 11 is 0. The maximum atomic E-state index is 14.2. The molecule has 4 saturated heterocycles. The number of rotatable bonds is 3. The lowest BCUT2D eigenvalue weighted by Crippen LogP contribution is -2.76. The summed E-state index contributed by atoms with van der Waals surface area (Å²) in [6, 6.07) is 0. The van der Waals surface area contributed by atoms with E-state index in [1.54, 1.807) is 6.92 Å². The maximum Gasteiger partial charge on any atom is 0.443 e. The van der Waals surface area contributed by atoms with E-state index in [4.69, 9.17) is 29.1 Å². The summed E-state index contributed by atoms with van der Waals surface area (Å²) in [7, 11) is 0. The first-order valence-corrected chi connectivity index (χ1v) is 9.60. The molecule has 1 aliphatic carbocycles. The number of hydrogen-bond acceptors (Lipinski definition) is 6. The Morgan fingerprint density at radius 1 is 1.14 bits per heavy atom. The van der Waals surface area contributed by atoms with Gasteiger partial charge in [-0.25, -0.2) is 14.6 Å². The first-order valence-electron chi connectivity index (χ1n) is 9.60. The van der Waals surface area contributed by atoms with Crippen molar-refractivity contribution in [2.75, 3.05) is 6.61 Å². The van der Waals surface area contributed by atoms with Gasteiger partial charge in [0.25, 0.3) is 5.79 Å². The number of alkyl halides is 3. The molecule has 1 saturated carbocycles. The average molecular weight is 410 g/mol. The van der Waals surface area contributed by atoms with Gasteiger partial charge in [-0.1, -0.05) is 13.8 Å². The lowest BCUT2D eigenvalue weighted by molar-refractivity contribution is -0.598. The number of fused-ring (bicyclic) bond motifs is 2. The number of ether oxygens (including phenoxy) is 3. The smallest absolute Gasteiger partial charge is 0.443 e. The molecule has 4 aliphatic heterocycles. The Kier molecular flexibility index (Phi) is 4.56. The van der Waals surface area contributed by atoms with Crippen LogP contribution < -0.4 is 0 Å². The monoisotopic (exact) mass is 410 g/mol. The topological polar surface area (TPSA) is 83.5 Å². The number of carboxylic acid groups (broad SMARTS) is 1. The third-order valence-corrected chi connectivity index (χ3v) is 7.07. The van der Waals surface area contributed by atoms with E-state index in [0.717, 1.165) is 6.42 Å². The number of carboxylic acids is 1. The van der Waals surface area contributed by atoms with E-state index in [2.05, 4.69) is 0 Å². The van der Waals surface area contributed by atoms with Crippen molar-refractivity contribution >= 4 is 5.97 Å². The fourth-order valence-corrected chi connectivity index (χ4v) is 5.66. The molecule has 0 radical (unpaired) electrons. The molecule has 7 nitrogen and oxygen atoms in total. The lowest BCUT2D eigenvalue weighted by Gasteiger charge is -2.62. The van der Waals surface area contributed by atoms with Crippen molar-refractivity contribution in [3.8, 4) is 0 Å². The molecule has 28 heavy (non-hydrogen) atoms. The zero-order chi connectivity index (χ0) is 20.5. The van der Waals surface area contributed by atoms with Crippen molar-refractivity contribution < 1.29 is 47.1 Å². The van der Waals surface area contributed by atoms with Gasteiger partial charge in [-0.05, 0) is 38.0 Å². The fraction of sp³-hybridized carbons (Fsp3) is 0.944. The van der Waals surface area contributed by atoms with E-state index < -0.39 is 54.1 Å². The molecule has 0 amide bonds. The van der Waals surface area contributed by atoms with Crippen LogP contribution in [0.2, 0.25) is 0 Å². The van der Waals surface area contributed by atoms with Crippen LogP contribution >= 0.6 is 0 Å². The Morgan fingerprint density at radius 2 is 1.86 bits per heavy atom. The predicted molar refractivity (Wildman–Crippen MR) is 85.4 cm³/mol. The van der Waals surface area contributed by atoms with Gasteiger partial charge in [-0.15, -0.1) is 0 Å². The van der Waals surface area contributed by atoms with Gasteiger partial charge < -0.3 is 19.3 Å². The fourth-order valence-electron chi connectivity index (χ4n) is 5.66. The van der Waals surface area contributed by atoms with Gasteiger partial charge in [0.1, 0.15) is 6.61 Å². The summed E-state index contributed by atoms with van der Waals surface area (Å²) in [5.74, 6) is -7.60. The van der Waals surface area contributed by atoms with Crippen LogP contribution in [0, 0.1) is 23.7 Å². The molecule has 0 aromatic heterocycles. The van der Waals surface area contributed by atoms with Crippen molar-refractivity contribution in [1.29, 1.82) is 0 Å². The Morgan fingerprint density at radius 3 is 2.50 bits per heavy atom. The Labute approximate surface area is 160 Å². The molecule has 5 aliphatic rings. The molecule has 1 spiro atoms. The SMILES string of the molecule is C[C@@H]1CC[C@H]2[C@@H](C)[C@](OCC(=O)O)(C(F)(F)F)O[C@@H]3O[C@@]4(C)CC[C@@H]1[C@]32OO4. The summed E-state index contributed by atoms with van der Waals surface area (Å²) in [5.41, 5.74) is -1.19. The highest BCUT2D eigenvalue weighted by atomic mass is 19.4. The lowest BCUT2D eigenvalue weighted by atomic mass is 9.57. The van der Waals surface area contributed by atoms with Crippen LogP contribution in [0.3, 0.4) is 0 Å². The number of aliphatic carboxylic acids is 1. The maximum absolute atomic E-state index is 14.2. The minimum atomic E-state index is -4.96. The van der Waals surface area contributed by atoms with Crippen molar-refractivity contribution in [2.45, 2.75) is 76.1 Å². The first-order chi connectivity index (χ1) is 13.0. The van der Waals surface area contributed by atoms with E-state index in [1.165, 1.54) is 6.92 Å². The second-order valence-corrected chi connectivity index (χ2v) is 8.66. The summed E-state index contributed by atoms with van der Waals surface area (Å²) in [6.07, 6.45) is -4.04. The highest BCUT2D eigenvalue weighted by Gasteiger charge is 2.77. The van der Waals surface area contributed by atoms with Gasteiger partial charge in [-0.2, -0.15) is 13.2 Å². The minimum Gasteiger partial charge on any atom is -0.480 e. The molecule has 2 bridgehead atoms. The molecule has 4 heterocycles. The van der Waals surface area contributed by atoms with E-state index in [0.29, 0.717) is 19.3 Å². The zero-order valence-electron chi connectivity index (χ0n) is 16.0. The summed E-state index contributed by atoms with van der Waals surface area (Å²) in [5, 5.41) is 8.92. The third-order valence-electron chi connectivity index (χ3n) is 7.07. The summed E-state index contributed by atoms with van der Waals surface area (Å²) < 4.78 is 59.0. The third kappa shape index (κ3) is 2.64. The first kappa shape index (κ1) is 20.3. The van der Waals surface area contributed by atoms with Crippen molar-refractivity contribution in [2.24, 2.45) is 23.7 Å². The van der Waals surface area contributed by atoms with Crippen LogP contribution in [0.1, 0.15) is 46.5 Å². The molecule has 8 atom stereocenters. The Hall–Kier alpha value is -0.940. The highest BCUT2D eigenvalue weighted by molar-refractivity contribution is 5.68. The van der Waals surface area contributed by atoms with Gasteiger partial charge in [0.15, 0.2) is 11.9 Å². The number of halogens is 3. The average Bonchev–Trinajstić information content (AvgIpc) is 2.82. The quantitative estimate of drug-likeness (QED) is 0.715. The largest absolute Gasteiger partial charge is 0.480 e. The molecule has 160 valence electrons. The van der Waals surface area contributed by atoms with E-state index >= 15 is 0 Å². The molecule has 1 N–H and O–H groups in total. The van der Waals surface area contributed by atoms with Crippen LogP contribution in [-0.2, 0) is 28.8 Å². The van der Waals surface area contributed by atoms with Crippen LogP contribution in [0.5, 0.6) is 0 Å². The van der Waals surface area contributed by atoms with Gasteiger partial charge in [-0.3, -0.25) is 0 Å². The molecule has 5 rings (SSSR count). The Bertz CT molecular complexity index is 658. The van der Waals surface area contributed by atoms with Crippen molar-refractivity contribution in [3.63, 3.8) is 0 Å². The molecular weight excluding hydrogens is 385 g/mol. The van der Waals surface area contributed by atoms with Crippen LogP contribution in [0.25, 0.3) is 0 Å². The molecule has 0 aromatic carbocycles. The van der Waals surface area contributed by atoms with Crippen molar-refractivity contribution in [3.05, 3.63) is 0 Å². The van der Waals surface area contributed by atoms with Crippen LogP contribution in [0.15, 0.2) is 0 Å². The molecule has 0 aromatic rings. The van der Waals surface area contributed by atoms with Gasteiger partial charge >= 0.3 is 12.1 Å². The zero-order valence-corrected chi connectivity index (χ0v) is 16.0. The van der Waals surface area contributed by atoms with E-state index in [-0.39, 0.29) is 11.8 Å². The number of carbonyl (C=O) groups is 1. The second kappa shape index (κ2) is 6.28. The van der Waals surface area contributed by atoms with Gasteiger partial charge in [0, 0.05) is 18.3 Å². The van der Waals surface area contributed by atoms with Crippen LogP contribution in [0.4, 0.5) is 13.2 Å². The van der Waals surface area contributed by atoms with Gasteiger partial charge in [0.2, 0.25) is 5.79 Å². The highest BCUT2D eigenvalue weighted by Crippen LogP contribution is 2.64. The second-order valence-electron chi connectivity index (χ2n) is 8.66. The normalized spacial score (nSPS) is 50.7. The standard InChI is InChI=1S/C18H25F3O7/c1-9-4-5-12-10(2)17(18(19,20)21,24-8-13(22)23)26-14-16(12)11(9)6-7-15(3,25-14)27-28-16/h9-12,14H,4-8H2,1-3H3,(H,22,23)/t9-,10-,11+,12+,14+,15-,16-,17-/m1/s1. The molecule has 10 heteroatoms. The minimum absolute atomic E-state index is 0.103.